The Hall–Kier alpha value is -2.96. The van der Waals surface area contributed by atoms with E-state index < -0.39 is 0 Å². The van der Waals surface area contributed by atoms with Crippen LogP contribution in [0.25, 0.3) is 10.9 Å². The normalized spacial score (nSPS) is 14.9. The molecule has 0 radical (unpaired) electrons. The summed E-state index contributed by atoms with van der Waals surface area (Å²) < 4.78 is 0. The number of rotatable bonds is 4. The second-order valence-electron chi connectivity index (χ2n) is 7.22. The van der Waals surface area contributed by atoms with Gasteiger partial charge in [0.2, 0.25) is 0 Å². The van der Waals surface area contributed by atoms with Crippen LogP contribution < -0.4 is 16.4 Å². The van der Waals surface area contributed by atoms with E-state index in [1.807, 2.05) is 55.5 Å². The number of amides is 1. The van der Waals surface area contributed by atoms with Gasteiger partial charge >= 0.3 is 0 Å². The molecule has 6 heteroatoms. The molecule has 1 aliphatic rings. The summed E-state index contributed by atoms with van der Waals surface area (Å²) in [4.78, 5) is 19.8. The Morgan fingerprint density at radius 3 is 2.79 bits per heavy atom. The van der Waals surface area contributed by atoms with Gasteiger partial charge in [-0.25, -0.2) is 0 Å². The van der Waals surface area contributed by atoms with Crippen molar-refractivity contribution in [1.29, 1.82) is 0 Å². The van der Waals surface area contributed by atoms with E-state index in [0.717, 1.165) is 54.9 Å². The molecule has 4 rings (SSSR count). The molecule has 144 valence electrons. The zero-order chi connectivity index (χ0) is 19.5. The van der Waals surface area contributed by atoms with Crippen molar-refractivity contribution < 1.29 is 4.79 Å². The fourth-order valence-electron chi connectivity index (χ4n) is 3.66. The van der Waals surface area contributed by atoms with Crippen molar-refractivity contribution >= 4 is 28.2 Å². The number of nitrogens with two attached hydrogens (primary N) is 1. The summed E-state index contributed by atoms with van der Waals surface area (Å²) in [7, 11) is 0. The van der Waals surface area contributed by atoms with Gasteiger partial charge in [0.1, 0.15) is 0 Å². The Morgan fingerprint density at radius 1 is 1.18 bits per heavy atom. The fourth-order valence-corrected chi connectivity index (χ4v) is 3.66. The van der Waals surface area contributed by atoms with Gasteiger partial charge in [0, 0.05) is 60.7 Å². The van der Waals surface area contributed by atoms with Gasteiger partial charge in [-0.3, -0.25) is 14.7 Å². The monoisotopic (exact) mass is 375 g/mol. The van der Waals surface area contributed by atoms with Crippen molar-refractivity contribution in [2.24, 2.45) is 0 Å². The lowest BCUT2D eigenvalue weighted by molar-refractivity contribution is 0.102. The maximum Gasteiger partial charge on any atom is 0.255 e. The quantitative estimate of drug-likeness (QED) is 0.653. The standard InChI is InChI=1S/C22H25N5O/c1-15-12-20(23)19-13-17(6-7-21(19)25-15)26-22(28)18-5-3-2-4-16(18)14-27-10-8-24-9-11-27/h2-7,12-13,24H,8-11,14H2,1H3,(H2,23,25)(H,26,28). The van der Waals surface area contributed by atoms with Gasteiger partial charge in [-0.2, -0.15) is 0 Å². The highest BCUT2D eigenvalue weighted by molar-refractivity contribution is 6.06. The van der Waals surface area contributed by atoms with Crippen LogP contribution in [0.2, 0.25) is 0 Å². The van der Waals surface area contributed by atoms with Crippen molar-refractivity contribution in [3.05, 3.63) is 65.4 Å². The molecule has 0 unspecified atom stereocenters. The Labute approximate surface area is 164 Å². The van der Waals surface area contributed by atoms with Crippen molar-refractivity contribution in [3.8, 4) is 0 Å². The summed E-state index contributed by atoms with van der Waals surface area (Å²) in [6.45, 7) is 6.65. The molecule has 28 heavy (non-hydrogen) atoms. The molecule has 0 spiro atoms. The molecule has 2 heterocycles. The molecule has 2 aromatic carbocycles. The first-order valence-electron chi connectivity index (χ1n) is 9.59. The third-order valence-electron chi connectivity index (χ3n) is 5.09. The number of hydrogen-bond acceptors (Lipinski definition) is 5. The van der Waals surface area contributed by atoms with Gasteiger partial charge in [0.05, 0.1) is 5.52 Å². The minimum absolute atomic E-state index is 0.108. The minimum atomic E-state index is -0.108. The van der Waals surface area contributed by atoms with Gasteiger partial charge in [0.15, 0.2) is 0 Å². The lowest BCUT2D eigenvalue weighted by Gasteiger charge is -2.27. The summed E-state index contributed by atoms with van der Waals surface area (Å²) in [6.07, 6.45) is 0. The highest BCUT2D eigenvalue weighted by atomic mass is 16.1. The topological polar surface area (TPSA) is 83.3 Å². The van der Waals surface area contributed by atoms with E-state index in [1.54, 1.807) is 0 Å². The number of piperazine rings is 1. The Kier molecular flexibility index (Phi) is 5.23. The number of nitrogens with zero attached hydrogens (tertiary/aromatic N) is 2. The minimum Gasteiger partial charge on any atom is -0.398 e. The van der Waals surface area contributed by atoms with E-state index in [2.05, 4.69) is 20.5 Å². The summed E-state index contributed by atoms with van der Waals surface area (Å²) in [6, 6.07) is 15.3. The SMILES string of the molecule is Cc1cc(N)c2cc(NC(=O)c3ccccc3CN3CCNCC3)ccc2n1. The highest BCUT2D eigenvalue weighted by Crippen LogP contribution is 2.24. The van der Waals surface area contributed by atoms with Crippen molar-refractivity contribution in [2.75, 3.05) is 37.2 Å². The zero-order valence-corrected chi connectivity index (χ0v) is 16.0. The van der Waals surface area contributed by atoms with Crippen LogP contribution >= 0.6 is 0 Å². The molecule has 1 amide bonds. The molecule has 0 bridgehead atoms. The first-order valence-corrected chi connectivity index (χ1v) is 9.59. The van der Waals surface area contributed by atoms with E-state index in [9.17, 15) is 4.79 Å². The number of hydrogen-bond donors (Lipinski definition) is 3. The average Bonchev–Trinajstić information content (AvgIpc) is 2.69. The van der Waals surface area contributed by atoms with Crippen molar-refractivity contribution in [1.82, 2.24) is 15.2 Å². The van der Waals surface area contributed by atoms with E-state index in [1.165, 1.54) is 0 Å². The summed E-state index contributed by atoms with van der Waals surface area (Å²) in [5.74, 6) is -0.108. The van der Waals surface area contributed by atoms with Crippen LogP contribution in [0.3, 0.4) is 0 Å². The Bertz CT molecular complexity index is 1010. The van der Waals surface area contributed by atoms with E-state index >= 15 is 0 Å². The predicted molar refractivity (Wildman–Crippen MR) is 113 cm³/mol. The number of pyridine rings is 1. The van der Waals surface area contributed by atoms with E-state index in [4.69, 9.17) is 5.73 Å². The van der Waals surface area contributed by atoms with Crippen LogP contribution in [0.15, 0.2) is 48.5 Å². The van der Waals surface area contributed by atoms with Crippen LogP contribution in [-0.2, 0) is 6.54 Å². The molecule has 3 aromatic rings. The molecular formula is C22H25N5O. The van der Waals surface area contributed by atoms with Crippen LogP contribution in [0.1, 0.15) is 21.6 Å². The Balaban J connectivity index is 1.56. The van der Waals surface area contributed by atoms with E-state index in [0.29, 0.717) is 16.9 Å². The van der Waals surface area contributed by atoms with Crippen LogP contribution in [0, 0.1) is 6.92 Å². The van der Waals surface area contributed by atoms with Crippen LogP contribution in [0.4, 0.5) is 11.4 Å². The number of aryl methyl sites for hydroxylation is 1. The average molecular weight is 375 g/mol. The molecule has 0 atom stereocenters. The van der Waals surface area contributed by atoms with Crippen molar-refractivity contribution in [2.45, 2.75) is 13.5 Å². The van der Waals surface area contributed by atoms with Crippen molar-refractivity contribution in [3.63, 3.8) is 0 Å². The highest BCUT2D eigenvalue weighted by Gasteiger charge is 2.16. The van der Waals surface area contributed by atoms with Crippen LogP contribution in [0.5, 0.6) is 0 Å². The number of carbonyl (C=O) groups excluding carboxylic acids is 1. The van der Waals surface area contributed by atoms with Gasteiger partial charge in [-0.05, 0) is 42.8 Å². The molecule has 4 N–H and O–H groups in total. The molecule has 1 fully saturated rings. The van der Waals surface area contributed by atoms with Gasteiger partial charge in [-0.1, -0.05) is 18.2 Å². The number of aromatic nitrogens is 1. The molecule has 6 nitrogen and oxygen atoms in total. The van der Waals surface area contributed by atoms with E-state index in [-0.39, 0.29) is 5.91 Å². The second-order valence-corrected chi connectivity index (χ2v) is 7.22. The number of nitrogen functional groups attached to an aromatic ring is 1. The lowest BCUT2D eigenvalue weighted by atomic mass is 10.1. The first kappa shape index (κ1) is 18.4. The third-order valence-corrected chi connectivity index (χ3v) is 5.09. The maximum atomic E-state index is 13.0. The lowest BCUT2D eigenvalue weighted by Crippen LogP contribution is -2.43. The first-order chi connectivity index (χ1) is 13.6. The largest absolute Gasteiger partial charge is 0.398 e. The molecule has 1 aliphatic heterocycles. The molecule has 0 saturated carbocycles. The second kappa shape index (κ2) is 7.96. The molecule has 0 aliphatic carbocycles. The summed E-state index contributed by atoms with van der Waals surface area (Å²) in [5.41, 5.74) is 11.0. The predicted octanol–water partition coefficient (Wildman–Crippen LogP) is 2.78. The maximum absolute atomic E-state index is 13.0. The smallest absolute Gasteiger partial charge is 0.255 e. The summed E-state index contributed by atoms with van der Waals surface area (Å²) in [5, 5.41) is 7.22. The number of nitrogens with one attached hydrogen (secondary N) is 2. The van der Waals surface area contributed by atoms with Crippen LogP contribution in [-0.4, -0.2) is 42.0 Å². The third kappa shape index (κ3) is 3.98. The van der Waals surface area contributed by atoms with Gasteiger partial charge < -0.3 is 16.4 Å². The molecule has 1 saturated heterocycles. The Morgan fingerprint density at radius 2 is 1.96 bits per heavy atom. The van der Waals surface area contributed by atoms with Gasteiger partial charge in [-0.15, -0.1) is 0 Å². The zero-order valence-electron chi connectivity index (χ0n) is 16.0. The number of benzene rings is 2. The summed E-state index contributed by atoms with van der Waals surface area (Å²) >= 11 is 0. The fraction of sp³-hybridized carbons (Fsp3) is 0.273. The van der Waals surface area contributed by atoms with Gasteiger partial charge in [0.25, 0.3) is 5.91 Å². The number of anilines is 2. The number of carbonyl (C=O) groups is 1. The molecular weight excluding hydrogens is 350 g/mol. The molecule has 1 aromatic heterocycles. The number of fused-ring (bicyclic) bond motifs is 1.